The lowest BCUT2D eigenvalue weighted by Crippen LogP contribution is -2.50. The van der Waals surface area contributed by atoms with Crippen LogP contribution in [0.1, 0.15) is 33.6 Å². The maximum absolute atomic E-state index is 12.5. The van der Waals surface area contributed by atoms with Crippen LogP contribution >= 0.6 is 0 Å². The van der Waals surface area contributed by atoms with E-state index in [-0.39, 0.29) is 25.6 Å². The summed E-state index contributed by atoms with van der Waals surface area (Å²) in [6, 6.07) is -1.14. The summed E-state index contributed by atoms with van der Waals surface area (Å²) in [5.74, 6) is -1.10. The minimum absolute atomic E-state index is 0.0192. The molecule has 0 bridgehead atoms. The molecule has 0 radical (unpaired) electrons. The molecule has 0 unspecified atom stereocenters. The first-order chi connectivity index (χ1) is 9.08. The summed E-state index contributed by atoms with van der Waals surface area (Å²) < 4.78 is 37.4. The first-order valence-electron chi connectivity index (χ1n) is 6.42. The molecule has 0 aliphatic heterocycles. The average Bonchev–Trinajstić information content (AvgIpc) is 2.25. The van der Waals surface area contributed by atoms with Crippen molar-refractivity contribution in [2.24, 2.45) is 0 Å². The molecule has 118 valence electrons. The number of carbonyl (C=O) groups is 2. The minimum Gasteiger partial charge on any atom is -0.481 e. The van der Waals surface area contributed by atoms with Crippen molar-refractivity contribution < 1.29 is 27.9 Å². The number of halogens is 3. The Morgan fingerprint density at radius 1 is 1.20 bits per heavy atom. The van der Waals surface area contributed by atoms with E-state index in [0.717, 1.165) is 4.90 Å². The highest BCUT2D eigenvalue weighted by molar-refractivity contribution is 5.76. The van der Waals surface area contributed by atoms with E-state index in [0.29, 0.717) is 11.3 Å². The van der Waals surface area contributed by atoms with Crippen LogP contribution in [0.3, 0.4) is 0 Å². The van der Waals surface area contributed by atoms with Gasteiger partial charge in [0, 0.05) is 19.1 Å². The number of rotatable bonds is 7. The molecule has 20 heavy (non-hydrogen) atoms. The third-order valence-corrected chi connectivity index (χ3v) is 2.57. The van der Waals surface area contributed by atoms with Gasteiger partial charge in [0.1, 0.15) is 6.54 Å². The molecule has 0 saturated carbocycles. The molecule has 0 fully saturated rings. The molecule has 0 heterocycles. The van der Waals surface area contributed by atoms with Crippen molar-refractivity contribution in [3.8, 4) is 0 Å². The molecule has 0 aromatic heterocycles. The predicted molar refractivity (Wildman–Crippen MR) is 67.4 cm³/mol. The number of alkyl halides is 3. The number of nitrogens with zero attached hydrogens (tertiary/aromatic N) is 2. The van der Waals surface area contributed by atoms with Gasteiger partial charge >= 0.3 is 18.2 Å². The normalized spacial score (nSPS) is 11.6. The van der Waals surface area contributed by atoms with Crippen LogP contribution in [0.25, 0.3) is 0 Å². The van der Waals surface area contributed by atoms with Crippen molar-refractivity contribution in [2.75, 3.05) is 19.6 Å². The number of carboxylic acids is 1. The summed E-state index contributed by atoms with van der Waals surface area (Å²) in [5, 5.41) is 8.62. The zero-order valence-electron chi connectivity index (χ0n) is 11.9. The van der Waals surface area contributed by atoms with E-state index in [2.05, 4.69) is 0 Å². The van der Waals surface area contributed by atoms with E-state index in [9.17, 15) is 22.8 Å². The molecule has 0 aromatic carbocycles. The van der Waals surface area contributed by atoms with E-state index >= 15 is 0 Å². The number of carboxylic acid groups (broad SMARTS) is 1. The van der Waals surface area contributed by atoms with Gasteiger partial charge in [0.25, 0.3) is 0 Å². The maximum atomic E-state index is 12.5. The lowest BCUT2D eigenvalue weighted by atomic mass is 10.3. The van der Waals surface area contributed by atoms with E-state index in [4.69, 9.17) is 5.11 Å². The second-order valence-corrected chi connectivity index (χ2v) is 4.75. The molecule has 0 aliphatic carbocycles. The van der Waals surface area contributed by atoms with Crippen molar-refractivity contribution in [1.29, 1.82) is 0 Å². The summed E-state index contributed by atoms with van der Waals surface area (Å²) in [6.07, 6.45) is -4.37. The van der Waals surface area contributed by atoms with E-state index in [1.165, 1.54) is 0 Å². The van der Waals surface area contributed by atoms with Crippen molar-refractivity contribution in [1.82, 2.24) is 9.80 Å². The monoisotopic (exact) mass is 298 g/mol. The van der Waals surface area contributed by atoms with Gasteiger partial charge in [0.15, 0.2) is 0 Å². The average molecular weight is 298 g/mol. The molecule has 2 amide bonds. The van der Waals surface area contributed by atoms with Crippen LogP contribution in [0.15, 0.2) is 0 Å². The molecule has 8 heteroatoms. The largest absolute Gasteiger partial charge is 0.481 e. The fraction of sp³-hybridized carbons (Fsp3) is 0.833. The number of urea groups is 1. The standard InChI is InChI=1S/C12H21F3N2O3/c1-4-6-16(8-12(13,14)15)11(20)17(9(2)3)7-5-10(18)19/h9H,4-8H2,1-3H3,(H,18,19). The highest BCUT2D eigenvalue weighted by atomic mass is 19.4. The van der Waals surface area contributed by atoms with E-state index < -0.39 is 24.7 Å². The topological polar surface area (TPSA) is 60.9 Å². The van der Waals surface area contributed by atoms with Gasteiger partial charge in [0.2, 0.25) is 0 Å². The van der Waals surface area contributed by atoms with Crippen molar-refractivity contribution in [3.05, 3.63) is 0 Å². The molecule has 1 N–H and O–H groups in total. The summed E-state index contributed by atoms with van der Waals surface area (Å²) in [5.41, 5.74) is 0. The predicted octanol–water partition coefficient (Wildman–Crippen LogP) is 2.57. The Labute approximate surface area is 116 Å². The third-order valence-electron chi connectivity index (χ3n) is 2.57. The van der Waals surface area contributed by atoms with E-state index in [1.54, 1.807) is 20.8 Å². The van der Waals surface area contributed by atoms with Gasteiger partial charge in [-0.05, 0) is 20.3 Å². The number of hydrogen-bond acceptors (Lipinski definition) is 2. The number of aliphatic carboxylic acids is 1. The Kier molecular flexibility index (Phi) is 7.38. The van der Waals surface area contributed by atoms with Gasteiger partial charge in [-0.1, -0.05) is 6.92 Å². The van der Waals surface area contributed by atoms with Gasteiger partial charge in [-0.2, -0.15) is 13.2 Å². The van der Waals surface area contributed by atoms with Crippen LogP contribution < -0.4 is 0 Å². The fourth-order valence-corrected chi connectivity index (χ4v) is 1.70. The van der Waals surface area contributed by atoms with Gasteiger partial charge in [0.05, 0.1) is 6.42 Å². The highest BCUT2D eigenvalue weighted by Gasteiger charge is 2.34. The van der Waals surface area contributed by atoms with Crippen LogP contribution in [0.2, 0.25) is 0 Å². The Bertz CT molecular complexity index is 332. The second kappa shape index (κ2) is 7.96. The quantitative estimate of drug-likeness (QED) is 0.786. The van der Waals surface area contributed by atoms with Gasteiger partial charge in [-0.25, -0.2) is 4.79 Å². The molecule has 0 aliphatic rings. The van der Waals surface area contributed by atoms with Crippen LogP contribution in [0.4, 0.5) is 18.0 Å². The molecule has 0 aromatic rings. The number of hydrogen-bond donors (Lipinski definition) is 1. The summed E-state index contributed by atoms with van der Waals surface area (Å²) in [4.78, 5) is 24.5. The Morgan fingerprint density at radius 2 is 1.75 bits per heavy atom. The van der Waals surface area contributed by atoms with Crippen molar-refractivity contribution in [3.63, 3.8) is 0 Å². The number of carbonyl (C=O) groups excluding carboxylic acids is 1. The lowest BCUT2D eigenvalue weighted by molar-refractivity contribution is -0.142. The van der Waals surface area contributed by atoms with Gasteiger partial charge in [-0.15, -0.1) is 0 Å². The molecular weight excluding hydrogens is 277 g/mol. The van der Waals surface area contributed by atoms with Crippen molar-refractivity contribution in [2.45, 2.75) is 45.8 Å². The summed E-state index contributed by atoms with van der Waals surface area (Å²) in [6.45, 7) is 3.50. The molecule has 0 spiro atoms. The first-order valence-corrected chi connectivity index (χ1v) is 6.42. The smallest absolute Gasteiger partial charge is 0.406 e. The molecule has 0 rings (SSSR count). The Balaban J connectivity index is 4.91. The molecule has 5 nitrogen and oxygen atoms in total. The lowest BCUT2D eigenvalue weighted by Gasteiger charge is -2.33. The van der Waals surface area contributed by atoms with Crippen LogP contribution in [-0.2, 0) is 4.79 Å². The first kappa shape index (κ1) is 18.5. The Hall–Kier alpha value is -1.47. The molecular formula is C12H21F3N2O3. The van der Waals surface area contributed by atoms with Crippen LogP contribution in [0.5, 0.6) is 0 Å². The summed E-state index contributed by atoms with van der Waals surface area (Å²) in [7, 11) is 0. The minimum atomic E-state index is -4.47. The Morgan fingerprint density at radius 3 is 2.10 bits per heavy atom. The highest BCUT2D eigenvalue weighted by Crippen LogP contribution is 2.18. The SMILES string of the molecule is CCCN(CC(F)(F)F)C(=O)N(CCC(=O)O)C(C)C. The summed E-state index contributed by atoms with van der Waals surface area (Å²) >= 11 is 0. The third kappa shape index (κ3) is 7.20. The van der Waals surface area contributed by atoms with Gasteiger partial charge in [-0.3, -0.25) is 4.79 Å². The maximum Gasteiger partial charge on any atom is 0.406 e. The fourth-order valence-electron chi connectivity index (χ4n) is 1.70. The van der Waals surface area contributed by atoms with Crippen LogP contribution in [0, 0.1) is 0 Å². The van der Waals surface area contributed by atoms with Crippen LogP contribution in [-0.4, -0.2) is 58.8 Å². The number of amides is 2. The van der Waals surface area contributed by atoms with E-state index in [1.807, 2.05) is 0 Å². The van der Waals surface area contributed by atoms with Crippen molar-refractivity contribution >= 4 is 12.0 Å². The zero-order valence-corrected chi connectivity index (χ0v) is 11.9. The molecule has 0 atom stereocenters. The second-order valence-electron chi connectivity index (χ2n) is 4.75. The zero-order chi connectivity index (χ0) is 15.9. The van der Waals surface area contributed by atoms with Gasteiger partial charge < -0.3 is 14.9 Å². The molecule has 0 saturated heterocycles.